The van der Waals surface area contributed by atoms with Crippen LogP contribution in [-0.2, 0) is 13.6 Å². The van der Waals surface area contributed by atoms with Crippen LogP contribution in [0.2, 0.25) is 0 Å². The fourth-order valence-electron chi connectivity index (χ4n) is 4.91. The second-order valence-electron chi connectivity index (χ2n) is 9.32. The normalized spacial score (nSPS) is 15.6. The molecule has 10 nitrogen and oxygen atoms in total. The zero-order valence-corrected chi connectivity index (χ0v) is 20.5. The summed E-state index contributed by atoms with van der Waals surface area (Å²) in [5.41, 5.74) is 3.32. The molecule has 0 aliphatic carbocycles. The first-order valence-corrected chi connectivity index (χ1v) is 12.1. The number of amides is 1. The van der Waals surface area contributed by atoms with Gasteiger partial charge in [0.05, 0.1) is 23.5 Å². The third-order valence-electron chi connectivity index (χ3n) is 6.59. The zero-order valence-electron chi connectivity index (χ0n) is 20.5. The summed E-state index contributed by atoms with van der Waals surface area (Å²) in [6, 6.07) is 7.14. The number of anilines is 2. The molecule has 5 heterocycles. The Morgan fingerprint density at radius 1 is 1.19 bits per heavy atom. The van der Waals surface area contributed by atoms with Crippen LogP contribution in [0.15, 0.2) is 55.2 Å². The average Bonchev–Trinajstić information content (AvgIpc) is 3.60. The largest absolute Gasteiger partial charge is 0.369 e. The summed E-state index contributed by atoms with van der Waals surface area (Å²) in [4.78, 5) is 28.3. The highest BCUT2D eigenvalue weighted by Gasteiger charge is 2.26. The quantitative estimate of drug-likeness (QED) is 0.370. The van der Waals surface area contributed by atoms with Gasteiger partial charge < -0.3 is 19.9 Å². The first-order chi connectivity index (χ1) is 17.9. The van der Waals surface area contributed by atoms with Gasteiger partial charge in [-0.05, 0) is 31.5 Å². The van der Waals surface area contributed by atoms with E-state index >= 15 is 0 Å². The molecule has 1 atom stereocenters. The number of nitrogens with one attached hydrogen (secondary N) is 2. The van der Waals surface area contributed by atoms with Gasteiger partial charge in [0.1, 0.15) is 11.3 Å². The first-order valence-electron chi connectivity index (χ1n) is 12.1. The number of carbonyl (C=O) groups is 1. The van der Waals surface area contributed by atoms with E-state index in [0.717, 1.165) is 36.4 Å². The van der Waals surface area contributed by atoms with E-state index in [1.165, 1.54) is 6.07 Å². The molecular formula is C26H26FN9O. The molecule has 2 N–H and O–H groups in total. The Balaban J connectivity index is 1.22. The van der Waals surface area contributed by atoms with Crippen LogP contribution in [-0.4, -0.2) is 54.2 Å². The Labute approximate surface area is 212 Å². The SMILES string of the molecule is Cc1cn2cc(NC(=O)c3ccc(N4CCC(NCc5ncccn5)C4)c4cn(C)nc34)cc(F)c2n1. The zero-order chi connectivity index (χ0) is 25.5. The Kier molecular flexibility index (Phi) is 5.76. The average molecular weight is 500 g/mol. The van der Waals surface area contributed by atoms with Crippen LogP contribution in [0, 0.1) is 12.7 Å². The first kappa shape index (κ1) is 23.0. The van der Waals surface area contributed by atoms with Gasteiger partial charge in [0.2, 0.25) is 0 Å². The number of aryl methyl sites for hydroxylation is 2. The molecule has 1 amide bonds. The third-order valence-corrected chi connectivity index (χ3v) is 6.59. The van der Waals surface area contributed by atoms with Gasteiger partial charge in [0.15, 0.2) is 11.5 Å². The van der Waals surface area contributed by atoms with Crippen LogP contribution in [0.25, 0.3) is 16.6 Å². The van der Waals surface area contributed by atoms with Crippen molar-refractivity contribution in [3.8, 4) is 0 Å². The van der Waals surface area contributed by atoms with Crippen molar-refractivity contribution in [2.24, 2.45) is 7.05 Å². The van der Waals surface area contributed by atoms with Crippen molar-refractivity contribution < 1.29 is 9.18 Å². The number of imidazole rings is 1. The van der Waals surface area contributed by atoms with Gasteiger partial charge in [0, 0.05) is 74.3 Å². The molecule has 1 unspecified atom stereocenters. The topological polar surface area (TPSA) is 105 Å². The number of halogens is 1. The molecule has 1 aliphatic rings. The van der Waals surface area contributed by atoms with Crippen molar-refractivity contribution in [3.05, 3.63) is 78.1 Å². The van der Waals surface area contributed by atoms with Gasteiger partial charge in [-0.25, -0.2) is 19.3 Å². The smallest absolute Gasteiger partial charge is 0.257 e. The number of carbonyl (C=O) groups excluding carboxylic acids is 1. The molecule has 11 heteroatoms. The van der Waals surface area contributed by atoms with E-state index in [1.807, 2.05) is 19.3 Å². The molecule has 5 aromatic rings. The van der Waals surface area contributed by atoms with Gasteiger partial charge in [0.25, 0.3) is 5.91 Å². The molecule has 1 saturated heterocycles. The molecular weight excluding hydrogens is 473 g/mol. The summed E-state index contributed by atoms with van der Waals surface area (Å²) in [6.07, 6.45) is 9.77. The summed E-state index contributed by atoms with van der Waals surface area (Å²) < 4.78 is 17.8. The molecule has 1 aromatic carbocycles. The summed E-state index contributed by atoms with van der Waals surface area (Å²) in [5, 5.41) is 11.8. The number of hydrogen-bond acceptors (Lipinski definition) is 7. The van der Waals surface area contributed by atoms with E-state index in [4.69, 9.17) is 0 Å². The molecule has 188 valence electrons. The van der Waals surface area contributed by atoms with Gasteiger partial charge in [-0.1, -0.05) is 0 Å². The fourth-order valence-corrected chi connectivity index (χ4v) is 4.91. The highest BCUT2D eigenvalue weighted by Crippen LogP contribution is 2.31. The second kappa shape index (κ2) is 9.25. The molecule has 6 rings (SSSR count). The van der Waals surface area contributed by atoms with Crippen LogP contribution in [0.5, 0.6) is 0 Å². The lowest BCUT2D eigenvalue weighted by Gasteiger charge is -2.20. The van der Waals surface area contributed by atoms with E-state index in [1.54, 1.807) is 52.9 Å². The summed E-state index contributed by atoms with van der Waals surface area (Å²) >= 11 is 0. The summed E-state index contributed by atoms with van der Waals surface area (Å²) in [6.45, 7) is 4.12. The Bertz CT molecular complexity index is 1610. The number of benzene rings is 1. The predicted octanol–water partition coefficient (Wildman–Crippen LogP) is 3.08. The Hall–Kier alpha value is -4.38. The number of fused-ring (bicyclic) bond motifs is 2. The summed E-state index contributed by atoms with van der Waals surface area (Å²) in [5.74, 6) is -0.0805. The highest BCUT2D eigenvalue weighted by atomic mass is 19.1. The van der Waals surface area contributed by atoms with Crippen molar-refractivity contribution in [2.45, 2.75) is 25.9 Å². The van der Waals surface area contributed by atoms with E-state index in [2.05, 4.69) is 35.6 Å². The Morgan fingerprint density at radius 3 is 2.86 bits per heavy atom. The fraction of sp³-hybridized carbons (Fsp3) is 0.269. The number of rotatable bonds is 6. The van der Waals surface area contributed by atoms with Gasteiger partial charge in [-0.3, -0.25) is 9.48 Å². The van der Waals surface area contributed by atoms with Crippen LogP contribution in [0.1, 0.15) is 28.3 Å². The Morgan fingerprint density at radius 2 is 2.03 bits per heavy atom. The van der Waals surface area contributed by atoms with Crippen LogP contribution in [0.3, 0.4) is 0 Å². The molecule has 4 aromatic heterocycles. The maximum absolute atomic E-state index is 14.5. The van der Waals surface area contributed by atoms with E-state index in [9.17, 15) is 9.18 Å². The lowest BCUT2D eigenvalue weighted by Crippen LogP contribution is -2.32. The van der Waals surface area contributed by atoms with E-state index in [-0.39, 0.29) is 11.6 Å². The lowest BCUT2D eigenvalue weighted by atomic mass is 10.1. The number of aromatic nitrogens is 6. The molecule has 1 aliphatic heterocycles. The van der Waals surface area contributed by atoms with Crippen molar-refractivity contribution in [1.29, 1.82) is 0 Å². The lowest BCUT2D eigenvalue weighted by molar-refractivity contribution is 0.102. The maximum atomic E-state index is 14.5. The molecule has 0 bridgehead atoms. The number of pyridine rings is 1. The van der Waals surface area contributed by atoms with E-state index < -0.39 is 5.82 Å². The minimum atomic E-state index is -0.500. The van der Waals surface area contributed by atoms with Gasteiger partial charge in [-0.2, -0.15) is 5.10 Å². The molecule has 0 radical (unpaired) electrons. The van der Waals surface area contributed by atoms with E-state index in [0.29, 0.717) is 35.0 Å². The number of nitrogens with zero attached hydrogens (tertiary/aromatic N) is 7. The monoisotopic (exact) mass is 499 g/mol. The van der Waals surface area contributed by atoms with Crippen LogP contribution < -0.4 is 15.5 Å². The minimum Gasteiger partial charge on any atom is -0.369 e. The standard InChI is InChI=1S/C26H26FN9O/c1-16-12-36-14-18(10-21(27)25(36)31-16)32-26(37)19-4-5-22(20-15-34(2)33-24(19)20)35-9-6-17(13-35)30-11-23-28-7-3-8-29-23/h3-5,7-8,10,12,14-15,17,30H,6,9,11,13H2,1-2H3,(H,32,37). The number of hydrogen-bond donors (Lipinski definition) is 2. The van der Waals surface area contributed by atoms with Gasteiger partial charge in [-0.15, -0.1) is 0 Å². The predicted molar refractivity (Wildman–Crippen MR) is 138 cm³/mol. The third kappa shape index (κ3) is 4.49. The minimum absolute atomic E-state index is 0.224. The molecule has 37 heavy (non-hydrogen) atoms. The van der Waals surface area contributed by atoms with Crippen molar-refractivity contribution in [1.82, 2.24) is 34.4 Å². The maximum Gasteiger partial charge on any atom is 0.257 e. The van der Waals surface area contributed by atoms with Gasteiger partial charge >= 0.3 is 0 Å². The molecule has 1 fully saturated rings. The molecule has 0 saturated carbocycles. The van der Waals surface area contributed by atoms with Crippen LogP contribution >= 0.6 is 0 Å². The van der Waals surface area contributed by atoms with Crippen molar-refractivity contribution in [2.75, 3.05) is 23.3 Å². The second-order valence-corrected chi connectivity index (χ2v) is 9.32. The van der Waals surface area contributed by atoms with Crippen molar-refractivity contribution in [3.63, 3.8) is 0 Å². The summed E-state index contributed by atoms with van der Waals surface area (Å²) in [7, 11) is 1.84. The van der Waals surface area contributed by atoms with Crippen molar-refractivity contribution >= 4 is 33.8 Å². The van der Waals surface area contributed by atoms with Crippen LogP contribution in [0.4, 0.5) is 15.8 Å². The molecule has 0 spiro atoms. The highest BCUT2D eigenvalue weighted by molar-refractivity contribution is 6.13.